The molecule has 2 atom stereocenters. The first kappa shape index (κ1) is 26.0. The molecule has 172 valence electrons. The number of phosphoric ester groups is 1. The Morgan fingerprint density at radius 1 is 1.16 bits per heavy atom. The molecule has 0 heterocycles. The molecule has 6 nitrogen and oxygen atoms in total. The topological polar surface area (TPSA) is 110 Å². The van der Waals surface area contributed by atoms with E-state index in [1.165, 1.54) is 24.3 Å². The van der Waals surface area contributed by atoms with Crippen molar-refractivity contribution in [3.05, 3.63) is 58.6 Å². The van der Waals surface area contributed by atoms with Crippen molar-refractivity contribution in [2.75, 3.05) is 6.61 Å². The largest absolute Gasteiger partial charge is 0.469 e. The van der Waals surface area contributed by atoms with Gasteiger partial charge in [0.25, 0.3) is 0 Å². The van der Waals surface area contributed by atoms with Crippen molar-refractivity contribution in [2.45, 2.75) is 47.7 Å². The third-order valence-corrected chi connectivity index (χ3v) is 6.55. The molecule has 0 aliphatic carbocycles. The van der Waals surface area contributed by atoms with Crippen molar-refractivity contribution in [2.24, 2.45) is 5.73 Å². The number of aryl methyl sites for hydroxylation is 1. The number of rotatable bonds is 9. The van der Waals surface area contributed by atoms with Crippen LogP contribution in [0.3, 0.4) is 0 Å². The van der Waals surface area contributed by atoms with Gasteiger partial charge in [0.1, 0.15) is 0 Å². The Morgan fingerprint density at radius 3 is 2.39 bits per heavy atom. The molecular formula is C19H22ClF3NO5PS. The van der Waals surface area contributed by atoms with Gasteiger partial charge in [0.2, 0.25) is 0 Å². The second kappa shape index (κ2) is 10.1. The summed E-state index contributed by atoms with van der Waals surface area (Å²) in [7, 11) is -6.44. The quantitative estimate of drug-likeness (QED) is 0.432. The molecule has 0 amide bonds. The van der Waals surface area contributed by atoms with Crippen molar-refractivity contribution in [1.29, 1.82) is 0 Å². The zero-order valence-electron chi connectivity index (χ0n) is 16.4. The zero-order valence-corrected chi connectivity index (χ0v) is 18.9. The van der Waals surface area contributed by atoms with Gasteiger partial charge in [0.15, 0.2) is 0 Å². The van der Waals surface area contributed by atoms with E-state index in [0.717, 1.165) is 17.7 Å². The maximum Gasteiger partial charge on any atom is 0.469 e. The number of hydrogen-bond donors (Lipinski definition) is 3. The minimum Gasteiger partial charge on any atom is -0.323 e. The first-order valence-corrected chi connectivity index (χ1v) is 12.1. The molecule has 0 aliphatic rings. The molecule has 2 rings (SSSR count). The summed E-state index contributed by atoms with van der Waals surface area (Å²) >= 11 is 6.26. The first-order chi connectivity index (χ1) is 14.2. The Hall–Kier alpha value is -1.26. The highest BCUT2D eigenvalue weighted by Crippen LogP contribution is 2.37. The van der Waals surface area contributed by atoms with Crippen LogP contribution in [0.1, 0.15) is 30.9 Å². The van der Waals surface area contributed by atoms with E-state index in [-0.39, 0.29) is 16.4 Å². The number of alkyl halides is 3. The summed E-state index contributed by atoms with van der Waals surface area (Å²) in [6.07, 6.45) is -3.12. The number of benzene rings is 2. The van der Waals surface area contributed by atoms with E-state index < -0.39 is 35.9 Å². The lowest BCUT2D eigenvalue weighted by molar-refractivity contribution is -0.137. The van der Waals surface area contributed by atoms with Crippen molar-refractivity contribution < 1.29 is 36.3 Å². The maximum atomic E-state index is 12.9. The van der Waals surface area contributed by atoms with Gasteiger partial charge in [-0.25, -0.2) is 8.77 Å². The van der Waals surface area contributed by atoms with Gasteiger partial charge in [-0.3, -0.25) is 4.52 Å². The smallest absolute Gasteiger partial charge is 0.323 e. The van der Waals surface area contributed by atoms with Crippen LogP contribution in [0.25, 0.3) is 0 Å². The standard InChI is InChI=1S/C19H22ClF3NO5PS/c1-18(24,12-29-30(25,26)27)9-3-4-13-7-8-16(11-17(13)20)31(28)15-6-2-5-14(10-15)19(21,22)23/h2,5-8,10-11H,3-4,9,12,24H2,1H3,(H2,25,26,27)/t18-,31?/m1/s1. The van der Waals surface area contributed by atoms with Gasteiger partial charge in [0, 0.05) is 20.4 Å². The fourth-order valence-electron chi connectivity index (χ4n) is 2.76. The van der Waals surface area contributed by atoms with Crippen LogP contribution in [0.2, 0.25) is 5.02 Å². The van der Waals surface area contributed by atoms with E-state index in [4.69, 9.17) is 27.1 Å². The summed E-state index contributed by atoms with van der Waals surface area (Å²) in [6.45, 7) is 1.28. The second-order valence-electron chi connectivity index (χ2n) is 7.32. The van der Waals surface area contributed by atoms with Crippen molar-refractivity contribution in [3.63, 3.8) is 0 Å². The Morgan fingerprint density at radius 2 is 1.81 bits per heavy atom. The van der Waals surface area contributed by atoms with Crippen LogP contribution in [0.5, 0.6) is 0 Å². The molecule has 1 unspecified atom stereocenters. The molecule has 0 fully saturated rings. The maximum absolute atomic E-state index is 12.9. The molecule has 2 aromatic rings. The monoisotopic (exact) mass is 499 g/mol. The summed E-state index contributed by atoms with van der Waals surface area (Å²) in [5, 5.41) is 0.308. The molecule has 0 saturated heterocycles. The Balaban J connectivity index is 2.03. The van der Waals surface area contributed by atoms with E-state index in [1.807, 2.05) is 0 Å². The number of hydrogen-bond acceptors (Lipinski definition) is 4. The fraction of sp³-hybridized carbons (Fsp3) is 0.368. The van der Waals surface area contributed by atoms with Crippen LogP contribution in [-0.2, 0) is 32.5 Å². The van der Waals surface area contributed by atoms with Crippen LogP contribution in [0, 0.1) is 0 Å². The number of phosphoric acid groups is 1. The average molecular weight is 500 g/mol. The summed E-state index contributed by atoms with van der Waals surface area (Å²) < 4.78 is 66.6. The summed E-state index contributed by atoms with van der Waals surface area (Å²) in [6, 6.07) is 8.94. The van der Waals surface area contributed by atoms with Gasteiger partial charge in [-0.15, -0.1) is 0 Å². The molecule has 0 saturated carbocycles. The molecule has 0 aliphatic heterocycles. The van der Waals surface area contributed by atoms with Crippen LogP contribution in [0.4, 0.5) is 13.2 Å². The van der Waals surface area contributed by atoms with Gasteiger partial charge in [0.05, 0.1) is 23.0 Å². The van der Waals surface area contributed by atoms with Crippen molar-refractivity contribution >= 4 is 30.2 Å². The fourth-order valence-corrected chi connectivity index (χ4v) is 4.68. The highest BCUT2D eigenvalue weighted by atomic mass is 35.5. The first-order valence-electron chi connectivity index (χ1n) is 9.04. The minimum absolute atomic E-state index is 0.0163. The number of halogens is 4. The highest BCUT2D eigenvalue weighted by Gasteiger charge is 2.31. The lowest BCUT2D eigenvalue weighted by Crippen LogP contribution is -2.40. The molecule has 0 aromatic heterocycles. The Bertz CT molecular complexity index is 997. The van der Waals surface area contributed by atoms with Crippen LogP contribution >= 0.6 is 19.4 Å². The van der Waals surface area contributed by atoms with Gasteiger partial charge < -0.3 is 15.5 Å². The third kappa shape index (κ3) is 8.31. The van der Waals surface area contributed by atoms with Crippen LogP contribution in [-0.4, -0.2) is 26.1 Å². The van der Waals surface area contributed by atoms with E-state index in [0.29, 0.717) is 24.3 Å². The van der Waals surface area contributed by atoms with E-state index in [9.17, 15) is 21.9 Å². The minimum atomic E-state index is -4.61. The third-order valence-electron chi connectivity index (χ3n) is 4.37. The molecular weight excluding hydrogens is 478 g/mol. The van der Waals surface area contributed by atoms with Gasteiger partial charge in [-0.2, -0.15) is 13.2 Å². The highest BCUT2D eigenvalue weighted by molar-refractivity contribution is 7.85. The molecule has 4 N–H and O–H groups in total. The molecule has 2 aromatic carbocycles. The van der Waals surface area contributed by atoms with E-state index in [2.05, 4.69) is 4.52 Å². The molecule has 0 radical (unpaired) electrons. The van der Waals surface area contributed by atoms with Crippen molar-refractivity contribution in [3.8, 4) is 0 Å². The average Bonchev–Trinajstić information content (AvgIpc) is 2.66. The second-order valence-corrected chi connectivity index (χ2v) is 10.4. The van der Waals surface area contributed by atoms with Crippen LogP contribution in [0.15, 0.2) is 52.3 Å². The summed E-state index contributed by atoms with van der Waals surface area (Å²) in [5.41, 5.74) is 4.86. The predicted octanol–water partition coefficient (Wildman–Crippen LogP) is 4.67. The summed E-state index contributed by atoms with van der Waals surface area (Å²) in [5.74, 6) is 0. The molecule has 12 heteroatoms. The molecule has 0 spiro atoms. The van der Waals surface area contributed by atoms with Gasteiger partial charge >= 0.3 is 14.0 Å². The predicted molar refractivity (Wildman–Crippen MR) is 111 cm³/mol. The van der Waals surface area contributed by atoms with Gasteiger partial charge in [-0.1, -0.05) is 23.7 Å². The molecule has 31 heavy (non-hydrogen) atoms. The van der Waals surface area contributed by atoms with E-state index in [1.54, 1.807) is 13.0 Å². The van der Waals surface area contributed by atoms with Crippen molar-refractivity contribution in [1.82, 2.24) is 0 Å². The Labute approximate surface area is 185 Å². The lowest BCUT2D eigenvalue weighted by Gasteiger charge is -2.24. The van der Waals surface area contributed by atoms with E-state index >= 15 is 0 Å². The van der Waals surface area contributed by atoms with Crippen LogP contribution < -0.4 is 5.73 Å². The lowest BCUT2D eigenvalue weighted by atomic mass is 9.95. The zero-order chi connectivity index (χ0) is 23.4. The Kier molecular flexibility index (Phi) is 8.49. The normalized spacial score (nSPS) is 15.5. The summed E-state index contributed by atoms with van der Waals surface area (Å²) in [4.78, 5) is 17.8. The van der Waals surface area contributed by atoms with Gasteiger partial charge in [-0.05, 0) is 62.1 Å². The SMILES string of the molecule is C[C@@](N)(CCCc1ccc(S(=O)c2cccc(C(F)(F)F)c2)cc1Cl)COP(=O)(O)O. The molecule has 0 bridgehead atoms. The number of nitrogens with two attached hydrogens (primary N) is 1.